The van der Waals surface area contributed by atoms with Gasteiger partial charge in [0.15, 0.2) is 0 Å². The minimum Gasteiger partial charge on any atom is -0.393 e. The summed E-state index contributed by atoms with van der Waals surface area (Å²) in [7, 11) is -4.59. The summed E-state index contributed by atoms with van der Waals surface area (Å²) < 4.78 is 16.6. The number of hydrogen-bond donors (Lipinski definition) is 4. The minimum absolute atomic E-state index is 0.109. The van der Waals surface area contributed by atoms with Gasteiger partial charge in [0.25, 0.3) is 5.56 Å². The molecule has 1 heterocycles. The molecule has 21 heavy (non-hydrogen) atoms. The van der Waals surface area contributed by atoms with Crippen molar-refractivity contribution in [3.63, 3.8) is 0 Å². The lowest BCUT2D eigenvalue weighted by Crippen LogP contribution is -2.36. The summed E-state index contributed by atoms with van der Waals surface area (Å²) in [5.41, 5.74) is -1.64. The van der Waals surface area contributed by atoms with E-state index in [1.54, 1.807) is 0 Å². The molecule has 0 radical (unpaired) electrons. The smallest absolute Gasteiger partial charge is 0.393 e. The third-order valence-corrected chi connectivity index (χ3v) is 4.90. The second-order valence-corrected chi connectivity index (χ2v) is 6.86. The van der Waals surface area contributed by atoms with Crippen LogP contribution in [0.15, 0.2) is 21.9 Å². The first-order valence-corrected chi connectivity index (χ1v) is 7.97. The molecule has 0 amide bonds. The van der Waals surface area contributed by atoms with Crippen LogP contribution in [0.4, 0.5) is 0 Å². The van der Waals surface area contributed by atoms with Crippen LogP contribution in [0.3, 0.4) is 0 Å². The fourth-order valence-corrected chi connectivity index (χ4v) is 3.81. The maximum absolute atomic E-state index is 11.9. The molecule has 2 aliphatic carbocycles. The van der Waals surface area contributed by atoms with Crippen LogP contribution in [0.2, 0.25) is 0 Å². The Balaban J connectivity index is 1.83. The van der Waals surface area contributed by atoms with Gasteiger partial charge < -0.3 is 14.9 Å². The lowest BCUT2D eigenvalue weighted by atomic mass is 10.0. The predicted octanol–water partition coefficient (Wildman–Crippen LogP) is -1.26. The van der Waals surface area contributed by atoms with Crippen LogP contribution in [0.25, 0.3) is 0 Å². The van der Waals surface area contributed by atoms with Gasteiger partial charge >= 0.3 is 13.5 Å². The molecule has 3 rings (SSSR count). The zero-order chi connectivity index (χ0) is 15.4. The Morgan fingerprint density at radius 2 is 2.14 bits per heavy atom. The number of aromatic amines is 1. The van der Waals surface area contributed by atoms with Crippen LogP contribution in [0.5, 0.6) is 0 Å². The highest BCUT2D eigenvalue weighted by Gasteiger charge is 2.66. The molecule has 0 bridgehead atoms. The van der Waals surface area contributed by atoms with E-state index < -0.39 is 36.6 Å². The number of aromatic nitrogens is 2. The number of nitrogens with zero attached hydrogens (tertiary/aromatic N) is 1. The molecular weight excluding hydrogens is 303 g/mol. The van der Waals surface area contributed by atoms with Crippen molar-refractivity contribution in [3.8, 4) is 0 Å². The molecule has 1 unspecified atom stereocenters. The third-order valence-electron chi connectivity index (χ3n) is 4.42. The van der Waals surface area contributed by atoms with Crippen LogP contribution < -0.4 is 11.2 Å². The number of aliphatic hydroxyl groups excluding tert-OH is 1. The van der Waals surface area contributed by atoms with E-state index in [2.05, 4.69) is 9.51 Å². The third kappa shape index (κ3) is 2.51. The topological polar surface area (TPSA) is 142 Å². The number of hydrogen-bond acceptors (Lipinski definition) is 5. The first-order chi connectivity index (χ1) is 9.73. The molecule has 2 saturated carbocycles. The number of H-pyrrole nitrogens is 1. The van der Waals surface area contributed by atoms with E-state index in [1.165, 1.54) is 16.8 Å². The molecule has 2 aliphatic rings. The summed E-state index contributed by atoms with van der Waals surface area (Å²) >= 11 is 0. The molecule has 2 fully saturated rings. The largest absolute Gasteiger partial charge is 0.469 e. The van der Waals surface area contributed by atoms with Crippen LogP contribution in [-0.2, 0) is 14.6 Å². The first kappa shape index (κ1) is 14.7. The average molecular weight is 318 g/mol. The molecule has 0 spiro atoms. The number of phosphoric acid groups is 1. The maximum Gasteiger partial charge on any atom is 0.469 e. The van der Waals surface area contributed by atoms with Crippen LogP contribution in [-0.4, -0.2) is 37.2 Å². The highest BCUT2D eigenvalue weighted by Crippen LogP contribution is 2.63. The van der Waals surface area contributed by atoms with E-state index >= 15 is 0 Å². The Morgan fingerprint density at radius 3 is 2.76 bits per heavy atom. The standard InChI is InChI=1S/C11H15N2O7P/c14-8-4-11(13-2-1-9(15)12-10(13)16)3-7(11)6(8)5-20-21(17,18)19/h1-2,6-8,14H,3-5H2,(H,12,15,16)(H2,17,18,19)/t6-,7-,8-,11?/m0/s1. The van der Waals surface area contributed by atoms with Crippen molar-refractivity contribution < 1.29 is 24.0 Å². The Hall–Kier alpha value is -1.25. The zero-order valence-electron chi connectivity index (χ0n) is 10.9. The van der Waals surface area contributed by atoms with Gasteiger partial charge in [0.1, 0.15) is 0 Å². The summed E-state index contributed by atoms with van der Waals surface area (Å²) in [6, 6.07) is 1.23. The molecule has 1 aromatic rings. The van der Waals surface area contributed by atoms with Crippen molar-refractivity contribution >= 4 is 7.82 Å². The Morgan fingerprint density at radius 1 is 1.43 bits per heavy atom. The van der Waals surface area contributed by atoms with E-state index in [1.807, 2.05) is 0 Å². The normalized spacial score (nSPS) is 34.7. The lowest BCUT2D eigenvalue weighted by molar-refractivity contribution is 0.0673. The highest BCUT2D eigenvalue weighted by atomic mass is 31.2. The molecule has 4 atom stereocenters. The Kier molecular flexibility index (Phi) is 3.23. The molecule has 4 N–H and O–H groups in total. The van der Waals surface area contributed by atoms with E-state index in [4.69, 9.17) is 9.79 Å². The Bertz CT molecular complexity index is 722. The number of aliphatic hydroxyl groups is 1. The molecule has 1 aromatic heterocycles. The van der Waals surface area contributed by atoms with Gasteiger partial charge in [-0.1, -0.05) is 0 Å². The van der Waals surface area contributed by atoms with Gasteiger partial charge in [0.2, 0.25) is 0 Å². The molecule has 0 aliphatic heterocycles. The first-order valence-electron chi connectivity index (χ1n) is 6.43. The average Bonchev–Trinajstić information content (AvgIpc) is 2.95. The van der Waals surface area contributed by atoms with E-state index in [-0.39, 0.29) is 12.5 Å². The predicted molar refractivity (Wildman–Crippen MR) is 69.5 cm³/mol. The second-order valence-electron chi connectivity index (χ2n) is 5.62. The number of nitrogens with one attached hydrogen (secondary N) is 1. The monoisotopic (exact) mass is 318 g/mol. The van der Waals surface area contributed by atoms with Crippen molar-refractivity contribution in [3.05, 3.63) is 33.1 Å². The van der Waals surface area contributed by atoms with E-state index in [0.29, 0.717) is 12.8 Å². The van der Waals surface area contributed by atoms with Gasteiger partial charge in [-0.15, -0.1) is 0 Å². The SMILES string of the molecule is O=c1ccn(C23C[C@H](O)[C@@H](COP(=O)(O)O)[C@@H]2C3)c(=O)[nH]1. The van der Waals surface area contributed by atoms with Crippen molar-refractivity contribution in [1.82, 2.24) is 9.55 Å². The number of fused-ring (bicyclic) bond motifs is 1. The van der Waals surface area contributed by atoms with E-state index in [0.717, 1.165) is 0 Å². The number of rotatable bonds is 4. The molecular formula is C11H15N2O7P. The summed E-state index contributed by atoms with van der Waals surface area (Å²) in [5.74, 6) is -0.556. The minimum atomic E-state index is -4.59. The maximum atomic E-state index is 11.9. The van der Waals surface area contributed by atoms with Crippen molar-refractivity contribution in [2.75, 3.05) is 6.61 Å². The van der Waals surface area contributed by atoms with Gasteiger partial charge in [0.05, 0.1) is 18.2 Å². The molecule has 0 aromatic carbocycles. The Labute approximate surface area is 118 Å². The molecule has 10 heteroatoms. The number of phosphoric ester groups is 1. The van der Waals surface area contributed by atoms with E-state index in [9.17, 15) is 19.3 Å². The zero-order valence-corrected chi connectivity index (χ0v) is 11.8. The summed E-state index contributed by atoms with van der Waals surface area (Å²) in [4.78, 5) is 42.6. The fourth-order valence-electron chi connectivity index (χ4n) is 3.44. The summed E-state index contributed by atoms with van der Waals surface area (Å²) in [6.07, 6.45) is 1.47. The van der Waals surface area contributed by atoms with Crippen molar-refractivity contribution in [2.24, 2.45) is 11.8 Å². The van der Waals surface area contributed by atoms with Gasteiger partial charge in [-0.2, -0.15) is 0 Å². The fraction of sp³-hybridized carbons (Fsp3) is 0.636. The van der Waals surface area contributed by atoms with Gasteiger partial charge in [-0.3, -0.25) is 18.9 Å². The molecule has 9 nitrogen and oxygen atoms in total. The highest BCUT2D eigenvalue weighted by molar-refractivity contribution is 7.46. The summed E-state index contributed by atoms with van der Waals surface area (Å²) in [5, 5.41) is 10.0. The van der Waals surface area contributed by atoms with Gasteiger partial charge in [-0.05, 0) is 18.8 Å². The van der Waals surface area contributed by atoms with Crippen LogP contribution in [0, 0.1) is 11.8 Å². The molecule has 116 valence electrons. The van der Waals surface area contributed by atoms with Crippen LogP contribution >= 0.6 is 7.82 Å². The lowest BCUT2D eigenvalue weighted by Gasteiger charge is -2.18. The van der Waals surface area contributed by atoms with Crippen LogP contribution in [0.1, 0.15) is 12.8 Å². The van der Waals surface area contributed by atoms with Crippen molar-refractivity contribution in [2.45, 2.75) is 24.5 Å². The molecule has 0 saturated heterocycles. The quantitative estimate of drug-likeness (QED) is 0.508. The van der Waals surface area contributed by atoms with Gasteiger partial charge in [-0.25, -0.2) is 9.36 Å². The van der Waals surface area contributed by atoms with Gasteiger partial charge in [0, 0.05) is 18.2 Å². The van der Waals surface area contributed by atoms with Crippen molar-refractivity contribution in [1.29, 1.82) is 0 Å². The second kappa shape index (κ2) is 4.62. The summed E-state index contributed by atoms with van der Waals surface area (Å²) in [6.45, 7) is -0.268.